The Kier molecular flexibility index (Phi) is 6.98. The molecule has 2 rings (SSSR count). The van der Waals surface area contributed by atoms with Crippen LogP contribution in [-0.4, -0.2) is 73.6 Å². The monoisotopic (exact) mass is 340 g/mol. The van der Waals surface area contributed by atoms with E-state index in [2.05, 4.69) is 18.7 Å². The Balaban J connectivity index is 1.81. The van der Waals surface area contributed by atoms with Crippen LogP contribution in [0.15, 0.2) is 18.2 Å². The van der Waals surface area contributed by atoms with Crippen molar-refractivity contribution in [1.29, 1.82) is 0 Å². The molecular weight excluding hydrogens is 311 g/mol. The van der Waals surface area contributed by atoms with Crippen LogP contribution in [0.3, 0.4) is 0 Å². The second-order valence-corrected chi connectivity index (χ2v) is 6.80. The molecule has 0 aromatic heterocycles. The number of benzene rings is 1. The highest BCUT2D eigenvalue weighted by Gasteiger charge is 2.24. The fourth-order valence-electron chi connectivity index (χ4n) is 3.33. The summed E-state index contributed by atoms with van der Waals surface area (Å²) in [5, 5.41) is 10.3. The summed E-state index contributed by atoms with van der Waals surface area (Å²) in [6.45, 7) is 7.53. The first-order valence-electron chi connectivity index (χ1n) is 8.44. The van der Waals surface area contributed by atoms with Gasteiger partial charge in [0.25, 0.3) is 0 Å². The Morgan fingerprint density at radius 2 is 2.04 bits per heavy atom. The first-order valence-corrected chi connectivity index (χ1v) is 8.44. The van der Waals surface area contributed by atoms with Gasteiger partial charge in [-0.05, 0) is 38.6 Å². The van der Waals surface area contributed by atoms with Crippen molar-refractivity contribution < 1.29 is 19.0 Å². The largest absolute Gasteiger partial charge is 0.494 e. The average Bonchev–Trinajstić information content (AvgIpc) is 2.45. The Hall–Kier alpha value is -1.21. The maximum atomic E-state index is 13.7. The van der Waals surface area contributed by atoms with Gasteiger partial charge in [0, 0.05) is 32.7 Å². The van der Waals surface area contributed by atoms with E-state index < -0.39 is 6.10 Å². The number of likely N-dealkylation sites (N-methyl/N-ethyl adjacent to an activating group) is 1. The highest BCUT2D eigenvalue weighted by molar-refractivity contribution is 5.29. The molecule has 1 heterocycles. The zero-order valence-corrected chi connectivity index (χ0v) is 15.0. The van der Waals surface area contributed by atoms with Crippen LogP contribution in [0, 0.1) is 5.82 Å². The van der Waals surface area contributed by atoms with Gasteiger partial charge in [0.2, 0.25) is 0 Å². The minimum atomic E-state index is -0.449. The van der Waals surface area contributed by atoms with E-state index in [-0.39, 0.29) is 23.8 Å². The number of β-amino-alcohol motifs (C(OH)–C–C–N with tert-alkyl or cyclic N) is 1. The molecule has 6 heteroatoms. The summed E-state index contributed by atoms with van der Waals surface area (Å²) in [7, 11) is 3.38. The predicted octanol–water partition coefficient (Wildman–Crippen LogP) is 1.74. The van der Waals surface area contributed by atoms with Crippen molar-refractivity contribution in [2.24, 2.45) is 0 Å². The lowest BCUT2D eigenvalue weighted by molar-refractivity contribution is -0.0777. The van der Waals surface area contributed by atoms with Crippen LogP contribution in [0.5, 0.6) is 5.75 Å². The number of morpholine rings is 1. The van der Waals surface area contributed by atoms with E-state index in [0.29, 0.717) is 19.6 Å². The molecule has 0 saturated carbocycles. The topological polar surface area (TPSA) is 45.2 Å². The number of methoxy groups -OCH3 is 1. The molecule has 0 amide bonds. The number of hydrogen-bond acceptors (Lipinski definition) is 5. The normalized spacial score (nSPS) is 23.5. The van der Waals surface area contributed by atoms with Crippen molar-refractivity contribution in [3.8, 4) is 5.75 Å². The van der Waals surface area contributed by atoms with E-state index >= 15 is 0 Å². The highest BCUT2D eigenvalue weighted by atomic mass is 19.1. The molecule has 3 atom stereocenters. The van der Waals surface area contributed by atoms with E-state index in [1.165, 1.54) is 13.2 Å². The van der Waals surface area contributed by atoms with Gasteiger partial charge < -0.3 is 14.6 Å². The Bertz CT molecular complexity index is 519. The van der Waals surface area contributed by atoms with Crippen LogP contribution in [0.4, 0.5) is 4.39 Å². The van der Waals surface area contributed by atoms with Crippen molar-refractivity contribution in [3.63, 3.8) is 0 Å². The number of aliphatic hydroxyl groups is 1. The van der Waals surface area contributed by atoms with Crippen molar-refractivity contribution in [3.05, 3.63) is 29.6 Å². The molecule has 0 bridgehead atoms. The molecule has 24 heavy (non-hydrogen) atoms. The zero-order valence-electron chi connectivity index (χ0n) is 15.0. The standard InChI is InChI=1S/C18H29FN2O3/c1-13-8-21(9-14(2)24-13)12-16(22)11-20(3)10-15-5-6-18(23-4)17(19)7-15/h5-7,13-14,16,22H,8-12H2,1-4H3. The van der Waals surface area contributed by atoms with Gasteiger partial charge in [0.1, 0.15) is 0 Å². The second-order valence-electron chi connectivity index (χ2n) is 6.80. The molecule has 1 aromatic carbocycles. The quantitative estimate of drug-likeness (QED) is 0.819. The summed E-state index contributed by atoms with van der Waals surface area (Å²) in [6, 6.07) is 4.95. The number of halogens is 1. The van der Waals surface area contributed by atoms with Crippen LogP contribution >= 0.6 is 0 Å². The third-order valence-corrected chi connectivity index (χ3v) is 4.16. The summed E-state index contributed by atoms with van der Waals surface area (Å²) < 4.78 is 24.4. The lowest BCUT2D eigenvalue weighted by atomic mass is 10.1. The fraction of sp³-hybridized carbons (Fsp3) is 0.667. The molecule has 0 spiro atoms. The molecule has 1 aromatic rings. The molecule has 1 fully saturated rings. The van der Waals surface area contributed by atoms with E-state index in [0.717, 1.165) is 18.7 Å². The summed E-state index contributed by atoms with van der Waals surface area (Å²) in [5.41, 5.74) is 0.858. The second kappa shape index (κ2) is 8.76. The Labute approximate surface area is 144 Å². The van der Waals surface area contributed by atoms with Crippen molar-refractivity contribution >= 4 is 0 Å². The lowest BCUT2D eigenvalue weighted by Crippen LogP contribution is -2.49. The number of hydrogen-bond donors (Lipinski definition) is 1. The minimum Gasteiger partial charge on any atom is -0.494 e. The van der Waals surface area contributed by atoms with Crippen LogP contribution in [-0.2, 0) is 11.3 Å². The van der Waals surface area contributed by atoms with Crippen LogP contribution < -0.4 is 4.74 Å². The van der Waals surface area contributed by atoms with Gasteiger partial charge in [-0.25, -0.2) is 4.39 Å². The number of rotatable bonds is 7. The summed E-state index contributed by atoms with van der Waals surface area (Å²) in [5.74, 6) is -0.114. The van der Waals surface area contributed by atoms with E-state index in [9.17, 15) is 9.50 Å². The van der Waals surface area contributed by atoms with Crippen LogP contribution in [0.25, 0.3) is 0 Å². The van der Waals surface area contributed by atoms with Gasteiger partial charge in [0.15, 0.2) is 11.6 Å². The fourth-order valence-corrected chi connectivity index (χ4v) is 3.33. The SMILES string of the molecule is COc1ccc(CN(C)CC(O)CN2CC(C)OC(C)C2)cc1F. The Morgan fingerprint density at radius 1 is 1.38 bits per heavy atom. The maximum absolute atomic E-state index is 13.7. The molecule has 1 saturated heterocycles. The first-order chi connectivity index (χ1) is 11.4. The van der Waals surface area contributed by atoms with Crippen LogP contribution in [0.1, 0.15) is 19.4 Å². The van der Waals surface area contributed by atoms with Gasteiger partial charge >= 0.3 is 0 Å². The van der Waals surface area contributed by atoms with E-state index in [1.807, 2.05) is 18.0 Å². The Morgan fingerprint density at radius 3 is 2.62 bits per heavy atom. The van der Waals surface area contributed by atoms with Gasteiger partial charge in [0.05, 0.1) is 25.4 Å². The first kappa shape index (κ1) is 19.1. The molecule has 136 valence electrons. The predicted molar refractivity (Wildman–Crippen MR) is 91.7 cm³/mol. The summed E-state index contributed by atoms with van der Waals surface area (Å²) in [6.07, 6.45) is -0.0579. The molecule has 1 aliphatic heterocycles. The van der Waals surface area contributed by atoms with Gasteiger partial charge in [-0.1, -0.05) is 6.07 Å². The third-order valence-electron chi connectivity index (χ3n) is 4.16. The van der Waals surface area contributed by atoms with Gasteiger partial charge in [-0.2, -0.15) is 0 Å². The smallest absolute Gasteiger partial charge is 0.165 e. The van der Waals surface area contributed by atoms with E-state index in [1.54, 1.807) is 6.07 Å². The van der Waals surface area contributed by atoms with Crippen LogP contribution in [0.2, 0.25) is 0 Å². The van der Waals surface area contributed by atoms with Crippen molar-refractivity contribution in [2.45, 2.75) is 38.7 Å². The third kappa shape index (κ3) is 5.70. The molecule has 0 aliphatic carbocycles. The van der Waals surface area contributed by atoms with Gasteiger partial charge in [-0.15, -0.1) is 0 Å². The van der Waals surface area contributed by atoms with Gasteiger partial charge in [-0.3, -0.25) is 9.80 Å². The zero-order chi connectivity index (χ0) is 17.7. The minimum absolute atomic E-state index is 0.195. The maximum Gasteiger partial charge on any atom is 0.165 e. The summed E-state index contributed by atoms with van der Waals surface area (Å²) in [4.78, 5) is 4.24. The number of ether oxygens (including phenoxy) is 2. The molecular formula is C18H29FN2O3. The van der Waals surface area contributed by atoms with E-state index in [4.69, 9.17) is 9.47 Å². The lowest BCUT2D eigenvalue weighted by Gasteiger charge is -2.36. The van der Waals surface area contributed by atoms with Crippen molar-refractivity contribution in [1.82, 2.24) is 9.80 Å². The average molecular weight is 340 g/mol. The molecule has 3 unspecified atom stereocenters. The number of aliphatic hydroxyl groups excluding tert-OH is 1. The molecule has 1 aliphatic rings. The molecule has 5 nitrogen and oxygen atoms in total. The number of nitrogens with zero attached hydrogens (tertiary/aromatic N) is 2. The summed E-state index contributed by atoms with van der Waals surface area (Å²) >= 11 is 0. The molecule has 1 N–H and O–H groups in total. The highest BCUT2D eigenvalue weighted by Crippen LogP contribution is 2.18. The molecule has 0 radical (unpaired) electrons. The van der Waals surface area contributed by atoms with Crippen molar-refractivity contribution in [2.75, 3.05) is 40.3 Å².